The van der Waals surface area contributed by atoms with Crippen molar-refractivity contribution in [3.8, 4) is 0 Å². The summed E-state index contributed by atoms with van der Waals surface area (Å²) in [6.07, 6.45) is 0.226. The number of carbonyl (C=O) groups is 2. The van der Waals surface area contributed by atoms with Crippen molar-refractivity contribution in [3.63, 3.8) is 0 Å². The Hall–Kier alpha value is -4.14. The van der Waals surface area contributed by atoms with Crippen LogP contribution >= 0.6 is 11.6 Å². The van der Waals surface area contributed by atoms with E-state index in [0.717, 1.165) is 26.6 Å². The van der Waals surface area contributed by atoms with Crippen molar-refractivity contribution in [2.24, 2.45) is 0 Å². The molecule has 7 nitrogen and oxygen atoms in total. The van der Waals surface area contributed by atoms with Crippen molar-refractivity contribution < 1.29 is 18.0 Å². The fourth-order valence-corrected chi connectivity index (χ4v) is 6.80. The third-order valence-corrected chi connectivity index (χ3v) is 9.54. The van der Waals surface area contributed by atoms with Gasteiger partial charge in [-0.2, -0.15) is 0 Å². The molecule has 0 bridgehead atoms. The minimum atomic E-state index is -4.18. The SMILES string of the molecule is Cc1ccc(S(=O)(=O)N(CC(=O)N(Cc2ccccc2Cl)[C@H](Cc2ccccc2)C(=O)NC(C)C)c2cc(C)cc(C)c2)cc1. The summed E-state index contributed by atoms with van der Waals surface area (Å²) in [7, 11) is -4.18. The van der Waals surface area contributed by atoms with Gasteiger partial charge >= 0.3 is 0 Å². The van der Waals surface area contributed by atoms with Gasteiger partial charge in [0.15, 0.2) is 0 Å². The summed E-state index contributed by atoms with van der Waals surface area (Å²) in [5, 5.41) is 3.40. The van der Waals surface area contributed by atoms with E-state index >= 15 is 0 Å². The molecule has 1 atom stereocenters. The smallest absolute Gasteiger partial charge is 0.264 e. The Bertz CT molecular complexity index is 1720. The second-order valence-electron chi connectivity index (χ2n) is 11.7. The number of benzene rings is 4. The van der Waals surface area contributed by atoms with Gasteiger partial charge in [0.25, 0.3) is 10.0 Å². The van der Waals surface area contributed by atoms with Gasteiger partial charge in [-0.05, 0) is 87.2 Å². The molecule has 9 heteroatoms. The molecule has 4 aromatic carbocycles. The van der Waals surface area contributed by atoms with E-state index in [2.05, 4.69) is 5.32 Å². The minimum Gasteiger partial charge on any atom is -0.352 e. The fourth-order valence-electron chi connectivity index (χ4n) is 5.21. The first-order valence-electron chi connectivity index (χ1n) is 14.9. The summed E-state index contributed by atoms with van der Waals surface area (Å²) in [5.41, 5.74) is 4.48. The van der Waals surface area contributed by atoms with E-state index < -0.39 is 28.5 Å². The molecular formula is C36H40ClN3O4S. The lowest BCUT2D eigenvalue weighted by Crippen LogP contribution is -2.54. The highest BCUT2D eigenvalue weighted by Gasteiger charge is 2.35. The van der Waals surface area contributed by atoms with Gasteiger partial charge in [0.05, 0.1) is 10.6 Å². The Morgan fingerprint density at radius 3 is 2.00 bits per heavy atom. The molecule has 236 valence electrons. The van der Waals surface area contributed by atoms with Crippen LogP contribution < -0.4 is 9.62 Å². The van der Waals surface area contributed by atoms with Crippen LogP contribution in [-0.2, 0) is 32.6 Å². The Balaban J connectivity index is 1.84. The van der Waals surface area contributed by atoms with E-state index in [1.54, 1.807) is 54.6 Å². The van der Waals surface area contributed by atoms with Crippen LogP contribution in [0.1, 0.15) is 41.7 Å². The number of anilines is 1. The zero-order chi connectivity index (χ0) is 32.7. The molecule has 0 spiro atoms. The Morgan fingerprint density at radius 2 is 1.40 bits per heavy atom. The number of hydrogen-bond acceptors (Lipinski definition) is 4. The lowest BCUT2D eigenvalue weighted by Gasteiger charge is -2.34. The predicted octanol–water partition coefficient (Wildman–Crippen LogP) is 6.63. The standard InChI is InChI=1S/C36H40ClN3O4S/c1-25(2)38-36(42)34(22-29-11-7-6-8-12-29)39(23-30-13-9-10-14-33(30)37)35(41)24-40(31-20-27(4)19-28(5)21-31)45(43,44)32-17-15-26(3)16-18-32/h6-21,25,34H,22-24H2,1-5H3,(H,38,42)/t34-/m1/s1. The van der Waals surface area contributed by atoms with Crippen LogP contribution in [0.25, 0.3) is 0 Å². The Kier molecular flexibility index (Phi) is 11.1. The topological polar surface area (TPSA) is 86.8 Å². The van der Waals surface area contributed by atoms with Crippen molar-refractivity contribution in [1.29, 1.82) is 0 Å². The molecule has 0 radical (unpaired) electrons. The van der Waals surface area contributed by atoms with Gasteiger partial charge in [-0.25, -0.2) is 8.42 Å². The van der Waals surface area contributed by atoms with Gasteiger partial charge in [0.1, 0.15) is 12.6 Å². The van der Waals surface area contributed by atoms with Crippen molar-refractivity contribution >= 4 is 39.1 Å². The van der Waals surface area contributed by atoms with Crippen LogP contribution in [0.4, 0.5) is 5.69 Å². The summed E-state index contributed by atoms with van der Waals surface area (Å²) in [5.74, 6) is -0.877. The zero-order valence-corrected chi connectivity index (χ0v) is 27.9. The lowest BCUT2D eigenvalue weighted by atomic mass is 10.0. The number of amides is 2. The molecule has 0 aliphatic rings. The normalized spacial score (nSPS) is 12.1. The van der Waals surface area contributed by atoms with E-state index in [1.807, 2.05) is 77.1 Å². The molecule has 1 N–H and O–H groups in total. The van der Waals surface area contributed by atoms with Crippen LogP contribution in [0.5, 0.6) is 0 Å². The molecular weight excluding hydrogens is 606 g/mol. The molecule has 45 heavy (non-hydrogen) atoms. The van der Waals surface area contributed by atoms with Gasteiger partial charge in [0.2, 0.25) is 11.8 Å². The van der Waals surface area contributed by atoms with Crippen molar-refractivity contribution in [1.82, 2.24) is 10.2 Å². The largest absolute Gasteiger partial charge is 0.352 e. The van der Waals surface area contributed by atoms with E-state index in [4.69, 9.17) is 11.6 Å². The van der Waals surface area contributed by atoms with E-state index in [9.17, 15) is 18.0 Å². The lowest BCUT2D eigenvalue weighted by molar-refractivity contribution is -0.140. The number of nitrogens with zero attached hydrogens (tertiary/aromatic N) is 2. The summed E-state index contributed by atoms with van der Waals surface area (Å²) < 4.78 is 29.6. The number of nitrogens with one attached hydrogen (secondary N) is 1. The molecule has 2 amide bonds. The third kappa shape index (κ3) is 8.74. The number of aryl methyl sites for hydroxylation is 3. The molecule has 0 aliphatic heterocycles. The molecule has 0 heterocycles. The van der Waals surface area contributed by atoms with Gasteiger partial charge < -0.3 is 10.2 Å². The van der Waals surface area contributed by atoms with Crippen LogP contribution in [-0.4, -0.2) is 43.8 Å². The maximum Gasteiger partial charge on any atom is 0.264 e. The van der Waals surface area contributed by atoms with E-state index in [1.165, 1.54) is 4.90 Å². The molecule has 0 aromatic heterocycles. The molecule has 0 saturated heterocycles. The highest BCUT2D eigenvalue weighted by atomic mass is 35.5. The summed E-state index contributed by atoms with van der Waals surface area (Å²) >= 11 is 6.56. The van der Waals surface area contributed by atoms with Crippen LogP contribution in [0.2, 0.25) is 5.02 Å². The molecule has 0 saturated carbocycles. The Morgan fingerprint density at radius 1 is 0.800 bits per heavy atom. The number of hydrogen-bond donors (Lipinski definition) is 1. The second kappa shape index (κ2) is 14.8. The maximum absolute atomic E-state index is 14.6. The average molecular weight is 646 g/mol. The second-order valence-corrected chi connectivity index (χ2v) is 13.9. The van der Waals surface area contributed by atoms with E-state index in [-0.39, 0.29) is 29.8 Å². The third-order valence-electron chi connectivity index (χ3n) is 7.38. The van der Waals surface area contributed by atoms with E-state index in [0.29, 0.717) is 16.3 Å². The highest BCUT2D eigenvalue weighted by molar-refractivity contribution is 7.92. The minimum absolute atomic E-state index is 0.00673. The number of halogens is 1. The molecule has 0 fully saturated rings. The molecule has 4 rings (SSSR count). The number of carbonyl (C=O) groups excluding carboxylic acids is 2. The Labute approximate surface area is 271 Å². The summed E-state index contributed by atoms with van der Waals surface area (Å²) in [6, 6.07) is 27.4. The van der Waals surface area contributed by atoms with Crippen molar-refractivity contribution in [2.45, 2.75) is 64.6 Å². The first kappa shape index (κ1) is 33.7. The van der Waals surface area contributed by atoms with Gasteiger partial charge in [-0.3, -0.25) is 13.9 Å². The number of sulfonamides is 1. The highest BCUT2D eigenvalue weighted by Crippen LogP contribution is 2.28. The van der Waals surface area contributed by atoms with Crippen LogP contribution in [0.15, 0.2) is 102 Å². The summed E-state index contributed by atoms with van der Waals surface area (Å²) in [6.45, 7) is 8.83. The molecule has 0 unspecified atom stereocenters. The van der Waals surface area contributed by atoms with Crippen molar-refractivity contribution in [3.05, 3.63) is 130 Å². The first-order valence-corrected chi connectivity index (χ1v) is 16.7. The monoisotopic (exact) mass is 645 g/mol. The fraction of sp³-hybridized carbons (Fsp3) is 0.278. The quantitative estimate of drug-likeness (QED) is 0.188. The zero-order valence-electron chi connectivity index (χ0n) is 26.3. The molecule has 4 aromatic rings. The van der Waals surface area contributed by atoms with Gasteiger partial charge in [-0.1, -0.05) is 83.9 Å². The first-order chi connectivity index (χ1) is 21.3. The maximum atomic E-state index is 14.6. The van der Waals surface area contributed by atoms with Crippen LogP contribution in [0.3, 0.4) is 0 Å². The van der Waals surface area contributed by atoms with Gasteiger partial charge in [-0.15, -0.1) is 0 Å². The van der Waals surface area contributed by atoms with Crippen LogP contribution in [0, 0.1) is 20.8 Å². The van der Waals surface area contributed by atoms with Gasteiger partial charge in [0, 0.05) is 24.0 Å². The predicted molar refractivity (Wildman–Crippen MR) is 181 cm³/mol. The molecule has 0 aliphatic carbocycles. The summed E-state index contributed by atoms with van der Waals surface area (Å²) in [4.78, 5) is 29.9. The number of rotatable bonds is 12. The van der Waals surface area contributed by atoms with Crippen molar-refractivity contribution in [2.75, 3.05) is 10.8 Å². The average Bonchev–Trinajstić information content (AvgIpc) is 2.98.